The number of aromatic nitrogens is 2. The fourth-order valence-corrected chi connectivity index (χ4v) is 3.57. The smallest absolute Gasteiger partial charge is 0.251 e. The molecule has 3 aromatic heterocycles. The number of hydrogen-bond acceptors (Lipinski definition) is 6. The number of furan rings is 1. The summed E-state index contributed by atoms with van der Waals surface area (Å²) in [6, 6.07) is 15.9. The van der Waals surface area contributed by atoms with Crippen LogP contribution in [0.5, 0.6) is 0 Å². The Hall–Kier alpha value is -3.78. The maximum absolute atomic E-state index is 12.4. The highest BCUT2D eigenvalue weighted by atomic mass is 32.1. The van der Waals surface area contributed by atoms with Gasteiger partial charge in [-0.2, -0.15) is 0 Å². The molecule has 0 spiro atoms. The molecule has 3 heterocycles. The predicted octanol–water partition coefficient (Wildman–Crippen LogP) is 3.91. The molecule has 0 aliphatic heterocycles. The van der Waals surface area contributed by atoms with Crippen LogP contribution in [0.1, 0.15) is 21.7 Å². The molecule has 0 atom stereocenters. The Balaban J connectivity index is 1.34. The number of amides is 2. The van der Waals surface area contributed by atoms with Crippen LogP contribution in [0.15, 0.2) is 76.9 Å². The van der Waals surface area contributed by atoms with Crippen molar-refractivity contribution in [2.75, 3.05) is 5.32 Å². The van der Waals surface area contributed by atoms with Gasteiger partial charge in [0.05, 0.1) is 30.6 Å². The van der Waals surface area contributed by atoms with Crippen molar-refractivity contribution in [3.8, 4) is 10.8 Å². The summed E-state index contributed by atoms with van der Waals surface area (Å²) in [4.78, 5) is 33.4. The van der Waals surface area contributed by atoms with Gasteiger partial charge in [-0.3, -0.25) is 14.6 Å². The minimum absolute atomic E-state index is 0.132. The number of benzene rings is 1. The Morgan fingerprint density at radius 2 is 1.97 bits per heavy atom. The fraction of sp³-hybridized carbons (Fsp3) is 0.0909. The molecule has 1 aromatic carbocycles. The summed E-state index contributed by atoms with van der Waals surface area (Å²) >= 11 is 1.42. The van der Waals surface area contributed by atoms with Crippen molar-refractivity contribution in [1.29, 1.82) is 0 Å². The summed E-state index contributed by atoms with van der Waals surface area (Å²) in [6.07, 6.45) is 3.40. The average Bonchev–Trinajstić information content (AvgIpc) is 3.45. The third-order valence-electron chi connectivity index (χ3n) is 4.19. The van der Waals surface area contributed by atoms with E-state index >= 15 is 0 Å². The van der Waals surface area contributed by atoms with Crippen LogP contribution in [0.25, 0.3) is 10.8 Å². The third kappa shape index (κ3) is 4.98. The Kier molecular flexibility index (Phi) is 5.95. The highest BCUT2D eigenvalue weighted by Crippen LogP contribution is 2.24. The van der Waals surface area contributed by atoms with Gasteiger partial charge >= 0.3 is 0 Å². The van der Waals surface area contributed by atoms with E-state index < -0.39 is 0 Å². The van der Waals surface area contributed by atoms with Crippen LogP contribution >= 0.6 is 11.3 Å². The third-order valence-corrected chi connectivity index (χ3v) is 5.10. The van der Waals surface area contributed by atoms with Gasteiger partial charge in [0.15, 0.2) is 10.8 Å². The predicted molar refractivity (Wildman–Crippen MR) is 114 cm³/mol. The molecule has 0 radical (unpaired) electrons. The Labute approximate surface area is 176 Å². The van der Waals surface area contributed by atoms with Crippen LogP contribution in [0.3, 0.4) is 0 Å². The molecular weight excluding hydrogens is 400 g/mol. The van der Waals surface area contributed by atoms with E-state index in [-0.39, 0.29) is 18.2 Å². The largest absolute Gasteiger partial charge is 0.462 e. The molecular formula is C22H18N4O3S. The molecule has 4 rings (SSSR count). The second kappa shape index (κ2) is 9.15. The van der Waals surface area contributed by atoms with Crippen LogP contribution in [-0.2, 0) is 17.8 Å². The Bertz CT molecular complexity index is 1140. The molecule has 0 saturated carbocycles. The molecule has 2 amide bonds. The quantitative estimate of drug-likeness (QED) is 0.474. The van der Waals surface area contributed by atoms with Crippen LogP contribution < -0.4 is 10.6 Å². The lowest BCUT2D eigenvalue weighted by Gasteiger charge is -2.08. The Morgan fingerprint density at radius 1 is 1.03 bits per heavy atom. The van der Waals surface area contributed by atoms with Crippen molar-refractivity contribution in [3.63, 3.8) is 0 Å². The molecule has 8 heteroatoms. The zero-order valence-electron chi connectivity index (χ0n) is 15.9. The zero-order chi connectivity index (χ0) is 20.8. The first-order valence-electron chi connectivity index (χ1n) is 9.24. The lowest BCUT2D eigenvalue weighted by molar-refractivity contribution is -0.115. The summed E-state index contributed by atoms with van der Waals surface area (Å²) in [5, 5.41) is 8.20. The number of pyridine rings is 1. The number of nitrogens with one attached hydrogen (secondary N) is 2. The number of carbonyl (C=O) groups excluding carboxylic acids is 2. The monoisotopic (exact) mass is 418 g/mol. The van der Waals surface area contributed by atoms with E-state index in [9.17, 15) is 9.59 Å². The van der Waals surface area contributed by atoms with Gasteiger partial charge in [-0.25, -0.2) is 4.98 Å². The van der Waals surface area contributed by atoms with Crippen LogP contribution in [0.2, 0.25) is 0 Å². The number of hydrogen-bond donors (Lipinski definition) is 2. The van der Waals surface area contributed by atoms with E-state index in [0.29, 0.717) is 29.2 Å². The molecule has 0 bridgehead atoms. The minimum atomic E-state index is -0.237. The summed E-state index contributed by atoms with van der Waals surface area (Å²) in [6.45, 7) is 0.331. The molecule has 4 aromatic rings. The molecule has 30 heavy (non-hydrogen) atoms. The first kappa shape index (κ1) is 19.5. The van der Waals surface area contributed by atoms with Gasteiger partial charge in [0.2, 0.25) is 5.91 Å². The minimum Gasteiger partial charge on any atom is -0.462 e. The molecule has 0 unspecified atom stereocenters. The Morgan fingerprint density at radius 3 is 2.77 bits per heavy atom. The highest BCUT2D eigenvalue weighted by molar-refractivity contribution is 7.13. The van der Waals surface area contributed by atoms with E-state index in [2.05, 4.69) is 20.6 Å². The number of rotatable bonds is 7. The second-order valence-corrected chi connectivity index (χ2v) is 7.29. The van der Waals surface area contributed by atoms with Crippen molar-refractivity contribution in [2.24, 2.45) is 0 Å². The van der Waals surface area contributed by atoms with Crippen molar-refractivity contribution >= 4 is 28.8 Å². The van der Waals surface area contributed by atoms with Gasteiger partial charge in [-0.15, -0.1) is 11.3 Å². The van der Waals surface area contributed by atoms with Crippen molar-refractivity contribution in [3.05, 3.63) is 89.4 Å². The van der Waals surface area contributed by atoms with Crippen molar-refractivity contribution in [1.82, 2.24) is 15.3 Å². The fourth-order valence-electron chi connectivity index (χ4n) is 2.79. The van der Waals surface area contributed by atoms with Gasteiger partial charge < -0.3 is 15.1 Å². The normalized spacial score (nSPS) is 10.5. The first-order chi connectivity index (χ1) is 14.7. The molecule has 7 nitrogen and oxygen atoms in total. The van der Waals surface area contributed by atoms with Gasteiger partial charge in [0.1, 0.15) is 0 Å². The SMILES string of the molecule is O=C(Cc1csc(-c2ccco2)n1)Nc1cccc(C(=O)NCc2ccccn2)c1. The summed E-state index contributed by atoms with van der Waals surface area (Å²) in [5.74, 6) is 0.229. The average molecular weight is 418 g/mol. The number of thiazole rings is 1. The van der Waals surface area contributed by atoms with E-state index in [1.807, 2.05) is 29.6 Å². The molecule has 0 fully saturated rings. The maximum Gasteiger partial charge on any atom is 0.251 e. The summed E-state index contributed by atoms with van der Waals surface area (Å²) in [7, 11) is 0. The maximum atomic E-state index is 12.4. The molecule has 0 saturated heterocycles. The van der Waals surface area contributed by atoms with Crippen LogP contribution in [-0.4, -0.2) is 21.8 Å². The van der Waals surface area contributed by atoms with E-state index in [1.165, 1.54) is 11.3 Å². The van der Waals surface area contributed by atoms with Gasteiger partial charge in [-0.1, -0.05) is 12.1 Å². The number of anilines is 1. The zero-order valence-corrected chi connectivity index (χ0v) is 16.7. The lowest BCUT2D eigenvalue weighted by Crippen LogP contribution is -2.23. The standard InChI is InChI=1S/C22H18N4O3S/c27-20(12-18-14-30-22(26-18)19-8-4-10-29-19)25-16-7-3-5-15(11-16)21(28)24-13-17-6-1-2-9-23-17/h1-11,14H,12-13H2,(H,24,28)(H,25,27). The molecule has 150 valence electrons. The van der Waals surface area contributed by atoms with E-state index in [0.717, 1.165) is 10.7 Å². The van der Waals surface area contributed by atoms with E-state index in [1.54, 1.807) is 42.8 Å². The second-order valence-electron chi connectivity index (χ2n) is 6.43. The lowest BCUT2D eigenvalue weighted by atomic mass is 10.2. The van der Waals surface area contributed by atoms with Gasteiger partial charge in [0.25, 0.3) is 5.91 Å². The van der Waals surface area contributed by atoms with Crippen molar-refractivity contribution in [2.45, 2.75) is 13.0 Å². The van der Waals surface area contributed by atoms with Crippen LogP contribution in [0.4, 0.5) is 5.69 Å². The van der Waals surface area contributed by atoms with Gasteiger partial charge in [0, 0.05) is 22.8 Å². The van der Waals surface area contributed by atoms with Crippen molar-refractivity contribution < 1.29 is 14.0 Å². The molecule has 0 aliphatic rings. The van der Waals surface area contributed by atoms with Crippen LogP contribution in [0, 0.1) is 0 Å². The first-order valence-corrected chi connectivity index (χ1v) is 10.1. The van der Waals surface area contributed by atoms with E-state index in [4.69, 9.17) is 4.42 Å². The highest BCUT2D eigenvalue weighted by Gasteiger charge is 2.12. The molecule has 0 aliphatic carbocycles. The summed E-state index contributed by atoms with van der Waals surface area (Å²) in [5.41, 5.74) is 2.44. The number of nitrogens with zero attached hydrogens (tertiary/aromatic N) is 2. The molecule has 2 N–H and O–H groups in total. The van der Waals surface area contributed by atoms with Gasteiger partial charge in [-0.05, 0) is 42.5 Å². The number of carbonyl (C=O) groups is 2. The summed E-state index contributed by atoms with van der Waals surface area (Å²) < 4.78 is 5.32. The topological polar surface area (TPSA) is 97.1 Å².